The molecule has 3 aromatic rings. The van der Waals surface area contributed by atoms with E-state index in [1.54, 1.807) is 6.08 Å². The van der Waals surface area contributed by atoms with E-state index < -0.39 is 0 Å². The number of ether oxygens (including phenoxy) is 2. The maximum atomic E-state index is 6.41. The molecule has 0 saturated carbocycles. The van der Waals surface area contributed by atoms with Crippen LogP contribution < -0.4 is 9.47 Å². The quantitative estimate of drug-likeness (QED) is 0.511. The lowest BCUT2D eigenvalue weighted by molar-refractivity contribution is -0.0190. The second-order valence-corrected chi connectivity index (χ2v) is 7.69. The second kappa shape index (κ2) is 7.71. The topological polar surface area (TPSA) is 34.1 Å². The summed E-state index contributed by atoms with van der Waals surface area (Å²) >= 11 is 0. The zero-order valence-corrected chi connectivity index (χ0v) is 17.0. The fraction of sp³-hybridized carbons (Fsp3) is 0.192. The van der Waals surface area contributed by atoms with E-state index in [1.165, 1.54) is 11.1 Å². The van der Waals surface area contributed by atoms with Crippen LogP contribution in [0.5, 0.6) is 11.5 Å². The van der Waals surface area contributed by atoms with Gasteiger partial charge in [-0.1, -0.05) is 60.7 Å². The fourth-order valence-electron chi connectivity index (χ4n) is 4.06. The van der Waals surface area contributed by atoms with Crippen molar-refractivity contribution in [3.05, 3.63) is 108 Å². The molecule has 2 heterocycles. The first-order valence-electron chi connectivity index (χ1n) is 10.2. The SMILES string of the molecule is C=CCOc1ccc(C2=NN3C(C2)c2ccccc2OC3c2ccc(C)cc2)cc1. The van der Waals surface area contributed by atoms with Gasteiger partial charge in [-0.15, -0.1) is 0 Å². The zero-order chi connectivity index (χ0) is 20.5. The van der Waals surface area contributed by atoms with Crippen LogP contribution in [0.1, 0.15) is 40.9 Å². The molecule has 0 radical (unpaired) electrons. The Bertz CT molecular complexity index is 1090. The van der Waals surface area contributed by atoms with Gasteiger partial charge in [0.1, 0.15) is 18.1 Å². The summed E-state index contributed by atoms with van der Waals surface area (Å²) in [7, 11) is 0. The van der Waals surface area contributed by atoms with Gasteiger partial charge in [-0.05, 0) is 42.8 Å². The molecule has 5 rings (SSSR count). The van der Waals surface area contributed by atoms with Crippen LogP contribution in [0.3, 0.4) is 0 Å². The minimum Gasteiger partial charge on any atom is -0.490 e. The van der Waals surface area contributed by atoms with Gasteiger partial charge in [0.2, 0.25) is 6.23 Å². The largest absolute Gasteiger partial charge is 0.490 e. The minimum atomic E-state index is -0.238. The Balaban J connectivity index is 1.49. The summed E-state index contributed by atoms with van der Waals surface area (Å²) in [5.74, 6) is 1.77. The van der Waals surface area contributed by atoms with Gasteiger partial charge in [0, 0.05) is 17.5 Å². The number of nitrogens with zero attached hydrogens (tertiary/aromatic N) is 2. The molecule has 0 aliphatic carbocycles. The molecule has 0 spiro atoms. The number of aryl methyl sites for hydroxylation is 1. The molecule has 2 aliphatic heterocycles. The van der Waals surface area contributed by atoms with Crippen LogP contribution in [0, 0.1) is 6.92 Å². The van der Waals surface area contributed by atoms with Crippen molar-refractivity contribution in [1.29, 1.82) is 0 Å². The van der Waals surface area contributed by atoms with E-state index in [0.29, 0.717) is 6.61 Å². The summed E-state index contributed by atoms with van der Waals surface area (Å²) < 4.78 is 12.0. The summed E-state index contributed by atoms with van der Waals surface area (Å²) in [5, 5.41) is 7.13. The average Bonchev–Trinajstić information content (AvgIpc) is 3.24. The molecule has 0 amide bonds. The van der Waals surface area contributed by atoms with Crippen molar-refractivity contribution >= 4 is 5.71 Å². The van der Waals surface area contributed by atoms with E-state index in [1.807, 2.05) is 18.2 Å². The average molecular weight is 396 g/mol. The first-order chi connectivity index (χ1) is 14.7. The van der Waals surface area contributed by atoms with Crippen LogP contribution in [-0.2, 0) is 0 Å². The van der Waals surface area contributed by atoms with Crippen molar-refractivity contribution in [2.75, 3.05) is 6.61 Å². The van der Waals surface area contributed by atoms with Crippen LogP contribution >= 0.6 is 0 Å². The van der Waals surface area contributed by atoms with E-state index in [2.05, 4.69) is 73.1 Å². The monoisotopic (exact) mass is 396 g/mol. The maximum Gasteiger partial charge on any atom is 0.213 e. The van der Waals surface area contributed by atoms with Crippen molar-refractivity contribution in [1.82, 2.24) is 5.01 Å². The Morgan fingerprint density at radius 3 is 2.60 bits per heavy atom. The molecule has 0 aromatic heterocycles. The van der Waals surface area contributed by atoms with Crippen LogP contribution in [0.4, 0.5) is 0 Å². The molecule has 0 N–H and O–H groups in total. The highest BCUT2D eigenvalue weighted by Crippen LogP contribution is 2.47. The Morgan fingerprint density at radius 2 is 1.83 bits per heavy atom. The lowest BCUT2D eigenvalue weighted by atomic mass is 9.96. The zero-order valence-electron chi connectivity index (χ0n) is 17.0. The molecule has 2 aliphatic rings. The van der Waals surface area contributed by atoms with Crippen LogP contribution in [0.2, 0.25) is 0 Å². The number of rotatable bonds is 5. The number of hydrazone groups is 1. The molecule has 2 atom stereocenters. The van der Waals surface area contributed by atoms with E-state index in [9.17, 15) is 0 Å². The first-order valence-corrected chi connectivity index (χ1v) is 10.2. The summed E-state index contributed by atoms with van der Waals surface area (Å²) in [6.45, 7) is 6.29. The standard InChI is InChI=1S/C26H24N2O2/c1-3-16-29-21-14-12-19(13-15-21)23-17-24-22-6-4-5-7-25(22)30-26(28(24)27-23)20-10-8-18(2)9-11-20/h3-15,24,26H,1,16-17H2,2H3. The van der Waals surface area contributed by atoms with E-state index in [-0.39, 0.29) is 12.3 Å². The number of benzene rings is 3. The van der Waals surface area contributed by atoms with Crippen LogP contribution in [0.15, 0.2) is 90.6 Å². The van der Waals surface area contributed by atoms with Gasteiger partial charge in [-0.3, -0.25) is 0 Å². The molecule has 0 fully saturated rings. The van der Waals surface area contributed by atoms with Crippen molar-refractivity contribution in [2.45, 2.75) is 25.6 Å². The smallest absolute Gasteiger partial charge is 0.213 e. The number of hydrogen-bond acceptors (Lipinski definition) is 4. The summed E-state index contributed by atoms with van der Waals surface area (Å²) in [6.07, 6.45) is 2.35. The molecule has 3 aromatic carbocycles. The minimum absolute atomic E-state index is 0.160. The Labute approximate surface area is 177 Å². The Morgan fingerprint density at radius 1 is 1.07 bits per heavy atom. The maximum absolute atomic E-state index is 6.41. The Hall–Kier alpha value is -3.53. The fourth-order valence-corrected chi connectivity index (χ4v) is 4.06. The summed E-state index contributed by atoms with van der Waals surface area (Å²) in [6, 6.07) is 25.1. The highest BCUT2D eigenvalue weighted by molar-refractivity contribution is 6.02. The predicted octanol–water partition coefficient (Wildman–Crippen LogP) is 5.80. The number of hydrogen-bond donors (Lipinski definition) is 0. The first kappa shape index (κ1) is 18.5. The molecular weight excluding hydrogens is 372 g/mol. The molecule has 0 saturated heterocycles. The van der Waals surface area contributed by atoms with E-state index in [0.717, 1.165) is 34.8 Å². The Kier molecular flexibility index (Phi) is 4.75. The molecule has 30 heavy (non-hydrogen) atoms. The lowest BCUT2D eigenvalue weighted by Gasteiger charge is -2.38. The molecule has 4 heteroatoms. The molecule has 4 nitrogen and oxygen atoms in total. The van der Waals surface area contributed by atoms with Gasteiger partial charge in [0.25, 0.3) is 0 Å². The highest BCUT2D eigenvalue weighted by Gasteiger charge is 2.40. The molecule has 2 unspecified atom stereocenters. The van der Waals surface area contributed by atoms with Crippen molar-refractivity contribution in [3.8, 4) is 11.5 Å². The van der Waals surface area contributed by atoms with Crippen molar-refractivity contribution < 1.29 is 9.47 Å². The number of para-hydroxylation sites is 1. The van der Waals surface area contributed by atoms with Gasteiger partial charge in [-0.2, -0.15) is 5.10 Å². The van der Waals surface area contributed by atoms with E-state index >= 15 is 0 Å². The van der Waals surface area contributed by atoms with Crippen molar-refractivity contribution in [3.63, 3.8) is 0 Å². The van der Waals surface area contributed by atoms with Gasteiger partial charge < -0.3 is 9.47 Å². The highest BCUT2D eigenvalue weighted by atomic mass is 16.5. The van der Waals surface area contributed by atoms with Gasteiger partial charge in [0.05, 0.1) is 11.8 Å². The molecule has 150 valence electrons. The number of fused-ring (bicyclic) bond motifs is 3. The van der Waals surface area contributed by atoms with Crippen LogP contribution in [0.25, 0.3) is 0 Å². The third-order valence-electron chi connectivity index (χ3n) is 5.62. The lowest BCUT2D eigenvalue weighted by Crippen LogP contribution is -2.33. The van der Waals surface area contributed by atoms with Gasteiger partial charge >= 0.3 is 0 Å². The predicted molar refractivity (Wildman–Crippen MR) is 119 cm³/mol. The molecule has 0 bridgehead atoms. The van der Waals surface area contributed by atoms with Gasteiger partial charge in [0.15, 0.2) is 0 Å². The van der Waals surface area contributed by atoms with Crippen molar-refractivity contribution in [2.24, 2.45) is 5.10 Å². The summed E-state index contributed by atoms with van der Waals surface area (Å²) in [5.41, 5.74) is 5.70. The third kappa shape index (κ3) is 3.35. The molecular formula is C26H24N2O2. The van der Waals surface area contributed by atoms with E-state index in [4.69, 9.17) is 14.6 Å². The normalized spacial score (nSPS) is 19.4. The summed E-state index contributed by atoms with van der Waals surface area (Å²) in [4.78, 5) is 0. The van der Waals surface area contributed by atoms with Crippen LogP contribution in [-0.4, -0.2) is 17.3 Å². The third-order valence-corrected chi connectivity index (χ3v) is 5.62. The van der Waals surface area contributed by atoms with Gasteiger partial charge in [-0.25, -0.2) is 5.01 Å². The second-order valence-electron chi connectivity index (χ2n) is 7.69.